The van der Waals surface area contributed by atoms with Crippen molar-refractivity contribution in [2.75, 3.05) is 12.8 Å². The van der Waals surface area contributed by atoms with Gasteiger partial charge in [-0.25, -0.2) is 22.6 Å². The van der Waals surface area contributed by atoms with E-state index in [1.54, 1.807) is 12.3 Å². The van der Waals surface area contributed by atoms with Crippen LogP contribution in [0.15, 0.2) is 47.4 Å². The Labute approximate surface area is 186 Å². The summed E-state index contributed by atoms with van der Waals surface area (Å²) < 4.78 is 39.8. The summed E-state index contributed by atoms with van der Waals surface area (Å²) in [6.07, 6.45) is 6.95. The average molecular weight is 463 g/mol. The third-order valence-corrected chi connectivity index (χ3v) is 6.73. The summed E-state index contributed by atoms with van der Waals surface area (Å²) in [5.41, 5.74) is 5.59. The van der Waals surface area contributed by atoms with Crippen LogP contribution in [-0.4, -0.2) is 35.8 Å². The molecule has 3 aromatic rings. The Kier molecular flexibility index (Phi) is 6.14. The monoisotopic (exact) mass is 462 g/mol. The van der Waals surface area contributed by atoms with Crippen LogP contribution in [0.2, 0.25) is 0 Å². The number of pyridine rings is 2. The highest BCUT2D eigenvalue weighted by atomic mass is 35.5. The fourth-order valence-electron chi connectivity index (χ4n) is 3.75. The number of nitrogens with one attached hydrogen (secondary N) is 1. The van der Waals surface area contributed by atoms with E-state index >= 15 is 0 Å². The molecule has 1 saturated carbocycles. The lowest BCUT2D eigenvalue weighted by Crippen LogP contribution is -2.04. The second-order valence-electron chi connectivity index (χ2n) is 7.97. The van der Waals surface area contributed by atoms with Gasteiger partial charge in [0.1, 0.15) is 5.83 Å². The Morgan fingerprint density at radius 3 is 2.71 bits per heavy atom. The Morgan fingerprint density at radius 2 is 2.10 bits per heavy atom. The van der Waals surface area contributed by atoms with Crippen molar-refractivity contribution >= 4 is 32.6 Å². The molecule has 0 radical (unpaired) electrons. The van der Waals surface area contributed by atoms with Gasteiger partial charge in [-0.05, 0) is 61.4 Å². The molecule has 0 saturated heterocycles. The van der Waals surface area contributed by atoms with E-state index < -0.39 is 9.84 Å². The van der Waals surface area contributed by atoms with Gasteiger partial charge in [-0.3, -0.25) is 4.98 Å². The van der Waals surface area contributed by atoms with Crippen LogP contribution in [0, 0.1) is 6.92 Å². The van der Waals surface area contributed by atoms with Crippen LogP contribution >= 0.6 is 11.8 Å². The Bertz CT molecular complexity index is 1250. The number of halogens is 2. The molecule has 1 aliphatic carbocycles. The molecule has 164 valence electrons. The van der Waals surface area contributed by atoms with Crippen molar-refractivity contribution in [2.24, 2.45) is 0 Å². The first kappa shape index (κ1) is 21.9. The van der Waals surface area contributed by atoms with E-state index in [0.29, 0.717) is 12.3 Å². The SMILES string of the molecule is Cc1c(Cc2ccc(S(C)(=O)=O)nc2)c2nc(C3CC3)ccc2n1C/C(F)=C/CNCl. The molecule has 1 fully saturated rings. The minimum atomic E-state index is -3.35. The van der Waals surface area contributed by atoms with Gasteiger partial charge in [-0.2, -0.15) is 0 Å². The maximum absolute atomic E-state index is 14.4. The van der Waals surface area contributed by atoms with Gasteiger partial charge in [0.15, 0.2) is 14.9 Å². The molecule has 0 spiro atoms. The predicted octanol–water partition coefficient (Wildman–Crippen LogP) is 4.21. The van der Waals surface area contributed by atoms with Gasteiger partial charge in [-0.1, -0.05) is 6.07 Å². The summed E-state index contributed by atoms with van der Waals surface area (Å²) in [4.78, 5) is 11.4. The summed E-state index contributed by atoms with van der Waals surface area (Å²) >= 11 is 5.44. The lowest BCUT2D eigenvalue weighted by Gasteiger charge is -2.08. The van der Waals surface area contributed by atoms with E-state index in [0.717, 1.165) is 52.6 Å². The van der Waals surface area contributed by atoms with Crippen LogP contribution in [-0.2, 0) is 22.8 Å². The Balaban J connectivity index is 1.75. The van der Waals surface area contributed by atoms with Gasteiger partial charge in [0, 0.05) is 48.3 Å². The van der Waals surface area contributed by atoms with E-state index in [-0.39, 0.29) is 23.9 Å². The highest BCUT2D eigenvalue weighted by molar-refractivity contribution is 7.90. The smallest absolute Gasteiger partial charge is 0.192 e. The third-order valence-electron chi connectivity index (χ3n) is 5.58. The zero-order chi connectivity index (χ0) is 22.2. The van der Waals surface area contributed by atoms with Crippen molar-refractivity contribution in [2.45, 2.75) is 43.7 Å². The van der Waals surface area contributed by atoms with Crippen molar-refractivity contribution in [3.05, 3.63) is 64.9 Å². The summed E-state index contributed by atoms with van der Waals surface area (Å²) in [6.45, 7) is 2.29. The van der Waals surface area contributed by atoms with E-state index in [1.807, 2.05) is 23.6 Å². The number of hydrogen-bond acceptors (Lipinski definition) is 5. The summed E-state index contributed by atoms with van der Waals surface area (Å²) in [7, 11) is -3.35. The molecule has 0 amide bonds. The highest BCUT2D eigenvalue weighted by Crippen LogP contribution is 2.40. The van der Waals surface area contributed by atoms with Gasteiger partial charge in [0.2, 0.25) is 0 Å². The first-order valence-electron chi connectivity index (χ1n) is 10.1. The first-order chi connectivity index (χ1) is 14.8. The maximum atomic E-state index is 14.4. The zero-order valence-corrected chi connectivity index (χ0v) is 19.0. The fourth-order valence-corrected chi connectivity index (χ4v) is 4.38. The molecule has 0 unspecified atom stereocenters. The van der Waals surface area contributed by atoms with Crippen LogP contribution in [0.4, 0.5) is 4.39 Å². The van der Waals surface area contributed by atoms with Crippen molar-refractivity contribution in [1.29, 1.82) is 0 Å². The normalized spacial score (nSPS) is 15.0. The first-order valence-corrected chi connectivity index (χ1v) is 12.4. The number of nitrogens with zero attached hydrogens (tertiary/aromatic N) is 3. The maximum Gasteiger partial charge on any atom is 0.192 e. The van der Waals surface area contributed by atoms with Crippen molar-refractivity contribution in [3.63, 3.8) is 0 Å². The molecule has 9 heteroatoms. The molecule has 3 aromatic heterocycles. The zero-order valence-electron chi connectivity index (χ0n) is 17.4. The molecule has 4 rings (SSSR count). The number of aromatic nitrogens is 3. The Hall–Kier alpha value is -2.29. The number of fused-ring (bicyclic) bond motifs is 1. The Morgan fingerprint density at radius 1 is 1.32 bits per heavy atom. The molecule has 0 aliphatic heterocycles. The standard InChI is InChI=1S/C22H24ClFN4O2S/c1-14-18(11-15-3-8-21(25-12-15)31(2,29)30)22-20(7-6-19(27-22)16-4-5-16)28(14)13-17(24)9-10-26-23/h3,6-9,12,16,26H,4-5,10-11,13H2,1-2H3/b17-9-. The molecule has 3 heterocycles. The predicted molar refractivity (Wildman–Crippen MR) is 120 cm³/mol. The van der Waals surface area contributed by atoms with Crippen LogP contribution in [0.25, 0.3) is 11.0 Å². The van der Waals surface area contributed by atoms with Crippen molar-refractivity contribution in [1.82, 2.24) is 19.4 Å². The minimum Gasteiger partial charge on any atom is -0.336 e. The number of sulfone groups is 1. The average Bonchev–Trinajstić information content (AvgIpc) is 3.55. The van der Waals surface area contributed by atoms with Crippen LogP contribution in [0.5, 0.6) is 0 Å². The van der Waals surface area contributed by atoms with Gasteiger partial charge in [0.25, 0.3) is 0 Å². The van der Waals surface area contributed by atoms with Crippen LogP contribution in [0.3, 0.4) is 0 Å². The lowest BCUT2D eigenvalue weighted by atomic mass is 10.1. The van der Waals surface area contributed by atoms with Crippen LogP contribution < -0.4 is 4.84 Å². The molecule has 31 heavy (non-hydrogen) atoms. The summed E-state index contributed by atoms with van der Waals surface area (Å²) in [5, 5.41) is 0.0460. The third kappa shape index (κ3) is 4.81. The van der Waals surface area contributed by atoms with Gasteiger partial charge in [-0.15, -0.1) is 0 Å². The molecule has 0 aromatic carbocycles. The fraction of sp³-hybridized carbons (Fsp3) is 0.364. The van der Waals surface area contributed by atoms with E-state index in [9.17, 15) is 12.8 Å². The van der Waals surface area contributed by atoms with Crippen molar-refractivity contribution in [3.8, 4) is 0 Å². The van der Waals surface area contributed by atoms with Crippen molar-refractivity contribution < 1.29 is 12.8 Å². The minimum absolute atomic E-state index is 0.0460. The number of hydrogen-bond donors (Lipinski definition) is 1. The molecular formula is C22H24ClFN4O2S. The molecule has 0 atom stereocenters. The lowest BCUT2D eigenvalue weighted by molar-refractivity contribution is 0.554. The van der Waals surface area contributed by atoms with Gasteiger partial charge < -0.3 is 4.57 Å². The van der Waals surface area contributed by atoms with Gasteiger partial charge in [0.05, 0.1) is 17.6 Å². The molecular weight excluding hydrogens is 439 g/mol. The molecule has 1 N–H and O–H groups in total. The molecule has 0 bridgehead atoms. The van der Waals surface area contributed by atoms with E-state index in [4.69, 9.17) is 16.8 Å². The largest absolute Gasteiger partial charge is 0.336 e. The van der Waals surface area contributed by atoms with Crippen LogP contribution in [0.1, 0.15) is 41.3 Å². The summed E-state index contributed by atoms with van der Waals surface area (Å²) in [5.74, 6) is 0.216. The quantitative estimate of drug-likeness (QED) is 0.507. The second-order valence-corrected chi connectivity index (χ2v) is 10.2. The number of rotatable bonds is 8. The van der Waals surface area contributed by atoms with E-state index in [2.05, 4.69) is 9.82 Å². The summed E-state index contributed by atoms with van der Waals surface area (Å²) in [6, 6.07) is 7.34. The second kappa shape index (κ2) is 8.68. The molecule has 1 aliphatic rings. The highest BCUT2D eigenvalue weighted by Gasteiger charge is 2.26. The van der Waals surface area contributed by atoms with E-state index in [1.165, 1.54) is 12.1 Å². The molecule has 6 nitrogen and oxygen atoms in total. The van der Waals surface area contributed by atoms with Gasteiger partial charge >= 0.3 is 0 Å². The number of allylic oxidation sites excluding steroid dienone is 1. The topological polar surface area (TPSA) is 76.9 Å².